The van der Waals surface area contributed by atoms with Crippen molar-refractivity contribution in [3.63, 3.8) is 0 Å². The molecular weight excluding hydrogens is 233 g/mol. The van der Waals surface area contributed by atoms with Crippen LogP contribution in [0.1, 0.15) is 28.8 Å². The molecule has 0 heterocycles. The summed E-state index contributed by atoms with van der Waals surface area (Å²) < 4.78 is 13.3. The SMILES string of the molecule is Cc1ccc(C(=O)CCN(C)CCCO)cc1F. The van der Waals surface area contributed by atoms with E-state index in [1.54, 1.807) is 19.1 Å². The zero-order chi connectivity index (χ0) is 13.5. The lowest BCUT2D eigenvalue weighted by molar-refractivity contribution is 0.0967. The van der Waals surface area contributed by atoms with Crippen molar-refractivity contribution in [2.45, 2.75) is 19.8 Å². The lowest BCUT2D eigenvalue weighted by Crippen LogP contribution is -2.23. The fourth-order valence-corrected chi connectivity index (χ4v) is 1.66. The molecule has 1 aromatic carbocycles. The van der Waals surface area contributed by atoms with Gasteiger partial charge in [0.15, 0.2) is 5.78 Å². The highest BCUT2D eigenvalue weighted by Gasteiger charge is 2.09. The smallest absolute Gasteiger partial charge is 0.164 e. The number of carbonyl (C=O) groups is 1. The Hall–Kier alpha value is -1.26. The molecule has 0 saturated carbocycles. The molecule has 0 aliphatic carbocycles. The number of ketones is 1. The summed E-state index contributed by atoms with van der Waals surface area (Å²) in [6, 6.07) is 4.58. The summed E-state index contributed by atoms with van der Waals surface area (Å²) in [4.78, 5) is 13.8. The first-order chi connectivity index (χ1) is 8.54. The van der Waals surface area contributed by atoms with Gasteiger partial charge in [0.05, 0.1) is 0 Å². The molecule has 0 aliphatic heterocycles. The Kier molecular flexibility index (Phi) is 5.95. The number of nitrogens with zero attached hydrogens (tertiary/aromatic N) is 1. The van der Waals surface area contributed by atoms with Crippen LogP contribution >= 0.6 is 0 Å². The van der Waals surface area contributed by atoms with Crippen molar-refractivity contribution in [2.24, 2.45) is 0 Å². The van der Waals surface area contributed by atoms with Crippen LogP contribution in [-0.4, -0.2) is 42.5 Å². The number of aryl methyl sites for hydroxylation is 1. The molecule has 0 aromatic heterocycles. The highest BCUT2D eigenvalue weighted by molar-refractivity contribution is 5.96. The Morgan fingerprint density at radius 1 is 1.39 bits per heavy atom. The average Bonchev–Trinajstić information content (AvgIpc) is 2.36. The molecule has 100 valence electrons. The fraction of sp³-hybridized carbons (Fsp3) is 0.500. The summed E-state index contributed by atoms with van der Waals surface area (Å²) in [6.07, 6.45) is 1.06. The third-order valence-corrected chi connectivity index (χ3v) is 2.91. The standard InChI is InChI=1S/C14H20FNO2/c1-11-4-5-12(10-13(11)15)14(18)6-8-16(2)7-3-9-17/h4-5,10,17H,3,6-9H2,1-2H3. The predicted octanol–water partition coefficient (Wildman–Crippen LogP) is 2.02. The number of carbonyl (C=O) groups excluding carboxylic acids is 1. The summed E-state index contributed by atoms with van der Waals surface area (Å²) >= 11 is 0. The largest absolute Gasteiger partial charge is 0.396 e. The molecule has 0 amide bonds. The summed E-state index contributed by atoms with van der Waals surface area (Å²) in [5, 5.41) is 8.69. The molecule has 0 fully saturated rings. The first-order valence-electron chi connectivity index (χ1n) is 6.13. The molecule has 0 spiro atoms. The summed E-state index contributed by atoms with van der Waals surface area (Å²) in [5.74, 6) is -0.390. The van der Waals surface area contributed by atoms with Crippen LogP contribution in [0.4, 0.5) is 4.39 Å². The van der Waals surface area contributed by atoms with Gasteiger partial charge < -0.3 is 10.0 Å². The molecule has 4 heteroatoms. The Morgan fingerprint density at radius 3 is 2.72 bits per heavy atom. The van der Waals surface area contributed by atoms with Crippen LogP contribution in [0.15, 0.2) is 18.2 Å². The van der Waals surface area contributed by atoms with Crippen molar-refractivity contribution in [1.82, 2.24) is 4.90 Å². The van der Waals surface area contributed by atoms with Gasteiger partial charge in [-0.25, -0.2) is 4.39 Å². The number of benzene rings is 1. The normalized spacial score (nSPS) is 10.9. The van der Waals surface area contributed by atoms with Crippen molar-refractivity contribution in [1.29, 1.82) is 0 Å². The summed E-state index contributed by atoms with van der Waals surface area (Å²) in [6.45, 7) is 3.20. The maximum atomic E-state index is 13.3. The van der Waals surface area contributed by atoms with Crippen molar-refractivity contribution in [3.8, 4) is 0 Å². The Morgan fingerprint density at radius 2 is 2.11 bits per heavy atom. The molecule has 0 saturated heterocycles. The van der Waals surface area contributed by atoms with Crippen LogP contribution in [-0.2, 0) is 0 Å². The number of halogens is 1. The molecular formula is C14H20FNO2. The molecule has 0 bridgehead atoms. The zero-order valence-electron chi connectivity index (χ0n) is 10.9. The van der Waals surface area contributed by atoms with Gasteiger partial charge in [-0.15, -0.1) is 0 Å². The quantitative estimate of drug-likeness (QED) is 0.756. The maximum Gasteiger partial charge on any atom is 0.164 e. The molecule has 1 N–H and O–H groups in total. The molecule has 1 aromatic rings. The highest BCUT2D eigenvalue weighted by atomic mass is 19.1. The van der Waals surface area contributed by atoms with Crippen molar-refractivity contribution >= 4 is 5.78 Å². The monoisotopic (exact) mass is 253 g/mol. The topological polar surface area (TPSA) is 40.5 Å². The number of rotatable bonds is 7. The van der Waals surface area contributed by atoms with E-state index in [-0.39, 0.29) is 18.2 Å². The maximum absolute atomic E-state index is 13.3. The van der Waals surface area contributed by atoms with Crippen LogP contribution in [0, 0.1) is 12.7 Å². The van der Waals surface area contributed by atoms with E-state index in [0.29, 0.717) is 30.5 Å². The van der Waals surface area contributed by atoms with Gasteiger partial charge in [0.25, 0.3) is 0 Å². The molecule has 18 heavy (non-hydrogen) atoms. The number of Topliss-reactive ketones (excluding diaryl/α,β-unsaturated/α-hetero) is 1. The Balaban J connectivity index is 2.47. The fourth-order valence-electron chi connectivity index (χ4n) is 1.66. The molecule has 0 aliphatic rings. The number of hydrogen-bond acceptors (Lipinski definition) is 3. The van der Waals surface area contributed by atoms with Crippen molar-refractivity contribution in [3.05, 3.63) is 35.1 Å². The van der Waals surface area contributed by atoms with Crippen molar-refractivity contribution in [2.75, 3.05) is 26.7 Å². The second-order valence-corrected chi connectivity index (χ2v) is 4.52. The molecule has 0 radical (unpaired) electrons. The van der Waals surface area contributed by atoms with E-state index >= 15 is 0 Å². The van der Waals surface area contributed by atoms with E-state index in [1.807, 2.05) is 11.9 Å². The minimum atomic E-state index is -0.338. The molecule has 3 nitrogen and oxygen atoms in total. The van der Waals surface area contributed by atoms with Gasteiger partial charge in [0, 0.05) is 31.7 Å². The first-order valence-corrected chi connectivity index (χ1v) is 6.13. The van der Waals surface area contributed by atoms with E-state index in [4.69, 9.17) is 5.11 Å². The Labute approximate surface area is 107 Å². The van der Waals surface area contributed by atoms with Gasteiger partial charge in [-0.05, 0) is 32.0 Å². The van der Waals surface area contributed by atoms with Crippen LogP contribution in [0.3, 0.4) is 0 Å². The average molecular weight is 253 g/mol. The highest BCUT2D eigenvalue weighted by Crippen LogP contribution is 2.11. The summed E-state index contributed by atoms with van der Waals surface area (Å²) in [5.41, 5.74) is 0.972. The minimum Gasteiger partial charge on any atom is -0.396 e. The Bertz CT molecular complexity index is 407. The lowest BCUT2D eigenvalue weighted by Gasteiger charge is -2.15. The van der Waals surface area contributed by atoms with E-state index in [2.05, 4.69) is 0 Å². The second-order valence-electron chi connectivity index (χ2n) is 4.52. The predicted molar refractivity (Wildman–Crippen MR) is 69.3 cm³/mol. The first kappa shape index (κ1) is 14.8. The minimum absolute atomic E-state index is 0.0512. The van der Waals surface area contributed by atoms with Gasteiger partial charge in [0.2, 0.25) is 0 Å². The molecule has 0 unspecified atom stereocenters. The van der Waals surface area contributed by atoms with Gasteiger partial charge in [-0.3, -0.25) is 4.79 Å². The molecule has 0 atom stereocenters. The summed E-state index contributed by atoms with van der Waals surface area (Å²) in [7, 11) is 1.90. The van der Waals surface area contributed by atoms with Crippen molar-refractivity contribution < 1.29 is 14.3 Å². The number of hydrogen-bond donors (Lipinski definition) is 1. The third kappa shape index (κ3) is 4.55. The third-order valence-electron chi connectivity index (χ3n) is 2.91. The van der Waals surface area contributed by atoms with Gasteiger partial charge in [-0.1, -0.05) is 12.1 Å². The number of aliphatic hydroxyl groups excluding tert-OH is 1. The molecule has 1 rings (SSSR count). The van der Waals surface area contributed by atoms with E-state index in [9.17, 15) is 9.18 Å². The zero-order valence-corrected chi connectivity index (χ0v) is 10.9. The van der Waals surface area contributed by atoms with Crippen LogP contribution in [0.25, 0.3) is 0 Å². The van der Waals surface area contributed by atoms with E-state index in [0.717, 1.165) is 6.54 Å². The lowest BCUT2D eigenvalue weighted by atomic mass is 10.1. The van der Waals surface area contributed by atoms with Gasteiger partial charge >= 0.3 is 0 Å². The van der Waals surface area contributed by atoms with E-state index in [1.165, 1.54) is 6.07 Å². The number of aliphatic hydroxyl groups is 1. The van der Waals surface area contributed by atoms with Crippen LogP contribution in [0.5, 0.6) is 0 Å². The van der Waals surface area contributed by atoms with Gasteiger partial charge in [-0.2, -0.15) is 0 Å². The van der Waals surface area contributed by atoms with Gasteiger partial charge in [0.1, 0.15) is 5.82 Å². The second kappa shape index (κ2) is 7.24. The van der Waals surface area contributed by atoms with Crippen LogP contribution < -0.4 is 0 Å². The van der Waals surface area contributed by atoms with E-state index < -0.39 is 0 Å². The van der Waals surface area contributed by atoms with Crippen LogP contribution in [0.2, 0.25) is 0 Å².